The minimum atomic E-state index is -3.73. The molecule has 0 fully saturated rings. The van der Waals surface area contributed by atoms with E-state index in [0.717, 1.165) is 4.88 Å². The Bertz CT molecular complexity index is 741. The summed E-state index contributed by atoms with van der Waals surface area (Å²) in [5.41, 5.74) is 1.11. The van der Waals surface area contributed by atoms with Crippen molar-refractivity contribution in [2.24, 2.45) is 0 Å². The van der Waals surface area contributed by atoms with E-state index >= 15 is 0 Å². The summed E-state index contributed by atoms with van der Waals surface area (Å²) in [4.78, 5) is 5.04. The fourth-order valence-corrected chi connectivity index (χ4v) is 4.51. The summed E-state index contributed by atoms with van der Waals surface area (Å²) in [6, 6.07) is 3.16. The maximum absolute atomic E-state index is 12.4. The van der Waals surface area contributed by atoms with Gasteiger partial charge in [0.15, 0.2) is 5.13 Å². The second kappa shape index (κ2) is 5.80. The van der Waals surface area contributed by atoms with Crippen molar-refractivity contribution in [1.82, 2.24) is 4.98 Å². The van der Waals surface area contributed by atoms with Gasteiger partial charge in [-0.15, -0.1) is 11.3 Å². The molecule has 0 atom stereocenters. The van der Waals surface area contributed by atoms with E-state index in [1.165, 1.54) is 17.4 Å². The largest absolute Gasteiger partial charge is 0.392 e. The number of anilines is 1. The maximum atomic E-state index is 12.4. The molecular formula is C12H13BrN2O3S2. The van der Waals surface area contributed by atoms with Crippen molar-refractivity contribution in [1.29, 1.82) is 0 Å². The first-order chi connectivity index (χ1) is 9.33. The molecule has 0 aliphatic rings. The molecule has 0 aliphatic heterocycles. The summed E-state index contributed by atoms with van der Waals surface area (Å²) in [6.07, 6.45) is 1.61. The van der Waals surface area contributed by atoms with Crippen LogP contribution in [0.15, 0.2) is 27.7 Å². The number of aliphatic hydroxyl groups excluding tert-OH is 1. The zero-order valence-corrected chi connectivity index (χ0v) is 14.1. The molecule has 0 aliphatic carbocycles. The molecule has 0 saturated carbocycles. The van der Waals surface area contributed by atoms with Gasteiger partial charge < -0.3 is 5.11 Å². The number of nitrogens with one attached hydrogen (secondary N) is 1. The van der Waals surface area contributed by atoms with Gasteiger partial charge in [0.25, 0.3) is 10.0 Å². The van der Waals surface area contributed by atoms with Gasteiger partial charge >= 0.3 is 0 Å². The van der Waals surface area contributed by atoms with E-state index in [0.29, 0.717) is 20.7 Å². The number of halogens is 1. The normalized spacial score (nSPS) is 11.6. The molecule has 2 aromatic rings. The number of nitrogens with zero attached hydrogens (tertiary/aromatic N) is 1. The van der Waals surface area contributed by atoms with Crippen molar-refractivity contribution in [2.75, 3.05) is 4.72 Å². The van der Waals surface area contributed by atoms with Crippen molar-refractivity contribution in [3.05, 3.63) is 38.8 Å². The van der Waals surface area contributed by atoms with Crippen LogP contribution in [0.2, 0.25) is 0 Å². The van der Waals surface area contributed by atoms with Gasteiger partial charge in [-0.2, -0.15) is 0 Å². The summed E-state index contributed by atoms with van der Waals surface area (Å²) < 4.78 is 27.9. The Morgan fingerprint density at radius 2 is 2.10 bits per heavy atom. The average Bonchev–Trinajstić information content (AvgIpc) is 2.76. The molecule has 1 heterocycles. The van der Waals surface area contributed by atoms with Gasteiger partial charge in [-0.1, -0.05) is 15.9 Å². The fraction of sp³-hybridized carbons (Fsp3) is 0.250. The molecule has 2 rings (SSSR count). The molecule has 8 heteroatoms. The van der Waals surface area contributed by atoms with Crippen LogP contribution in [-0.2, 0) is 16.6 Å². The number of aliphatic hydroxyl groups is 1. The van der Waals surface area contributed by atoms with Crippen molar-refractivity contribution < 1.29 is 13.5 Å². The first kappa shape index (κ1) is 15.4. The molecule has 20 heavy (non-hydrogen) atoms. The monoisotopic (exact) mass is 376 g/mol. The minimum absolute atomic E-state index is 0.128. The van der Waals surface area contributed by atoms with Crippen LogP contribution >= 0.6 is 27.3 Å². The SMILES string of the molecule is Cc1cnc(NS(=O)(=O)c2cc(CO)cc(Br)c2C)s1. The van der Waals surface area contributed by atoms with Crippen LogP contribution in [0.5, 0.6) is 0 Å². The van der Waals surface area contributed by atoms with Crippen molar-refractivity contribution in [3.8, 4) is 0 Å². The molecule has 1 aromatic carbocycles. The third-order valence-electron chi connectivity index (χ3n) is 2.67. The topological polar surface area (TPSA) is 79.3 Å². The second-order valence-corrected chi connectivity index (χ2v) is 7.98. The third-order valence-corrected chi connectivity index (χ3v) is 5.92. The van der Waals surface area contributed by atoms with Crippen LogP contribution in [-0.4, -0.2) is 18.5 Å². The minimum Gasteiger partial charge on any atom is -0.392 e. The van der Waals surface area contributed by atoms with E-state index in [4.69, 9.17) is 0 Å². The van der Waals surface area contributed by atoms with Crippen LogP contribution in [0.1, 0.15) is 16.0 Å². The van der Waals surface area contributed by atoms with Gasteiger partial charge in [-0.3, -0.25) is 4.72 Å². The highest BCUT2D eigenvalue weighted by atomic mass is 79.9. The molecular weight excluding hydrogens is 364 g/mol. The standard InChI is InChI=1S/C12H13BrN2O3S2/c1-7-5-14-12(19-7)15-20(17,18)11-4-9(6-16)3-10(13)8(11)2/h3-5,16H,6H2,1-2H3,(H,14,15). The molecule has 0 radical (unpaired) electrons. The Balaban J connectivity index is 2.46. The van der Waals surface area contributed by atoms with Crippen LogP contribution in [0, 0.1) is 13.8 Å². The molecule has 1 aromatic heterocycles. The molecule has 0 saturated heterocycles. The smallest absolute Gasteiger partial charge is 0.263 e. The molecule has 0 amide bonds. The van der Waals surface area contributed by atoms with Crippen molar-refractivity contribution in [3.63, 3.8) is 0 Å². The lowest BCUT2D eigenvalue weighted by Crippen LogP contribution is -2.14. The van der Waals surface area contributed by atoms with E-state index < -0.39 is 10.0 Å². The number of benzene rings is 1. The van der Waals surface area contributed by atoms with E-state index in [-0.39, 0.29) is 11.5 Å². The number of sulfonamides is 1. The Morgan fingerprint density at radius 3 is 2.65 bits per heavy atom. The van der Waals surface area contributed by atoms with Crippen LogP contribution in [0.3, 0.4) is 0 Å². The quantitative estimate of drug-likeness (QED) is 0.859. The summed E-state index contributed by atoms with van der Waals surface area (Å²) in [7, 11) is -3.73. The highest BCUT2D eigenvalue weighted by molar-refractivity contribution is 9.10. The Labute approximate surface area is 129 Å². The Morgan fingerprint density at radius 1 is 1.40 bits per heavy atom. The number of aromatic nitrogens is 1. The number of thiazole rings is 1. The summed E-state index contributed by atoms with van der Waals surface area (Å²) in [6.45, 7) is 3.33. The van der Waals surface area contributed by atoms with E-state index in [9.17, 15) is 13.5 Å². The number of rotatable bonds is 4. The summed E-state index contributed by atoms with van der Waals surface area (Å²) >= 11 is 4.57. The maximum Gasteiger partial charge on any atom is 0.263 e. The summed E-state index contributed by atoms with van der Waals surface area (Å²) in [5, 5.41) is 9.52. The van der Waals surface area contributed by atoms with Gasteiger partial charge in [0.1, 0.15) is 0 Å². The number of hydrogen-bond acceptors (Lipinski definition) is 5. The van der Waals surface area contributed by atoms with Gasteiger partial charge in [0.2, 0.25) is 0 Å². The lowest BCUT2D eigenvalue weighted by atomic mass is 10.2. The molecule has 108 valence electrons. The lowest BCUT2D eigenvalue weighted by Gasteiger charge is -2.11. The van der Waals surface area contributed by atoms with E-state index in [1.54, 1.807) is 19.2 Å². The zero-order valence-electron chi connectivity index (χ0n) is 10.8. The predicted molar refractivity (Wildman–Crippen MR) is 82.5 cm³/mol. The first-order valence-electron chi connectivity index (χ1n) is 5.68. The lowest BCUT2D eigenvalue weighted by molar-refractivity contribution is 0.281. The van der Waals surface area contributed by atoms with Crippen molar-refractivity contribution in [2.45, 2.75) is 25.3 Å². The van der Waals surface area contributed by atoms with Crippen molar-refractivity contribution >= 4 is 42.4 Å². The summed E-state index contributed by atoms with van der Waals surface area (Å²) in [5.74, 6) is 0. The molecule has 0 bridgehead atoms. The Hall–Kier alpha value is -0.960. The predicted octanol–water partition coefficient (Wildman–Crippen LogP) is 2.82. The Kier molecular flexibility index (Phi) is 4.48. The van der Waals surface area contributed by atoms with E-state index in [1.807, 2.05) is 6.92 Å². The number of aryl methyl sites for hydroxylation is 1. The highest BCUT2D eigenvalue weighted by Crippen LogP contribution is 2.28. The van der Waals surface area contributed by atoms with Gasteiger partial charge in [0, 0.05) is 15.5 Å². The van der Waals surface area contributed by atoms with Gasteiger partial charge in [-0.05, 0) is 37.1 Å². The van der Waals surface area contributed by atoms with Crippen LogP contribution < -0.4 is 4.72 Å². The van der Waals surface area contributed by atoms with Gasteiger partial charge in [-0.25, -0.2) is 13.4 Å². The molecule has 0 unspecified atom stereocenters. The molecule has 0 spiro atoms. The highest BCUT2D eigenvalue weighted by Gasteiger charge is 2.20. The third kappa shape index (κ3) is 3.20. The van der Waals surface area contributed by atoms with Crippen LogP contribution in [0.4, 0.5) is 5.13 Å². The number of hydrogen-bond donors (Lipinski definition) is 2. The molecule has 2 N–H and O–H groups in total. The molecule has 5 nitrogen and oxygen atoms in total. The zero-order chi connectivity index (χ0) is 14.9. The van der Waals surface area contributed by atoms with E-state index in [2.05, 4.69) is 25.6 Å². The fourth-order valence-electron chi connectivity index (χ4n) is 1.65. The van der Waals surface area contributed by atoms with Gasteiger partial charge in [0.05, 0.1) is 11.5 Å². The second-order valence-electron chi connectivity index (χ2n) is 4.24. The average molecular weight is 377 g/mol. The van der Waals surface area contributed by atoms with Crippen LogP contribution in [0.25, 0.3) is 0 Å². The first-order valence-corrected chi connectivity index (χ1v) is 8.78.